The average molecular weight is 782 g/mol. The van der Waals surface area contributed by atoms with Gasteiger partial charge in [-0.1, -0.05) is 12.1 Å². The van der Waals surface area contributed by atoms with Crippen molar-refractivity contribution in [3.05, 3.63) is 82.7 Å². The fourth-order valence-corrected chi connectivity index (χ4v) is 9.06. The predicted octanol–water partition coefficient (Wildman–Crippen LogP) is 7.79. The van der Waals surface area contributed by atoms with Crippen molar-refractivity contribution in [1.82, 2.24) is 10.7 Å². The number of nitrogens with one attached hydrogen (secondary N) is 3. The van der Waals surface area contributed by atoms with E-state index in [1.807, 2.05) is 6.92 Å². The number of rotatable bonds is 15. The van der Waals surface area contributed by atoms with Gasteiger partial charge in [0.1, 0.15) is 11.4 Å². The van der Waals surface area contributed by atoms with E-state index in [1.165, 1.54) is 53.6 Å². The largest absolute Gasteiger partial charge is 0.494 e. The maximum Gasteiger partial charge on any atom is 0.428 e. The summed E-state index contributed by atoms with van der Waals surface area (Å²) in [5.41, 5.74) is 10.7. The number of aryl methyl sites for hydroxylation is 1. The Morgan fingerprint density at radius 1 is 1.02 bits per heavy atom. The summed E-state index contributed by atoms with van der Waals surface area (Å²) < 4.78 is 39.4. The Kier molecular flexibility index (Phi) is 13.9. The summed E-state index contributed by atoms with van der Waals surface area (Å²) in [5.74, 6) is -0.406. The first-order valence-corrected chi connectivity index (χ1v) is 20.1. The molecule has 0 saturated heterocycles. The van der Waals surface area contributed by atoms with Crippen LogP contribution in [0.25, 0.3) is 11.1 Å². The number of hydrogen-bond acceptors (Lipinski definition) is 11. The van der Waals surface area contributed by atoms with Gasteiger partial charge in [-0.2, -0.15) is 5.10 Å². The maximum atomic E-state index is 14.0. The number of nitrogen functional groups attached to an aromatic ring is 1. The fourth-order valence-electron chi connectivity index (χ4n) is 5.12. The number of carbonyl (C=O) groups is 3. The van der Waals surface area contributed by atoms with Gasteiger partial charge in [0.25, 0.3) is 0 Å². The molecular weight excluding hydrogens is 739 g/mol. The molecule has 0 unspecified atom stereocenters. The molecule has 0 saturated carbocycles. The Balaban J connectivity index is 1.41. The zero-order chi connectivity index (χ0) is 38.8. The minimum absolute atomic E-state index is 0.0614. The number of carboxylic acids is 1. The highest BCUT2D eigenvalue weighted by Gasteiger charge is 2.25. The molecule has 0 atom stereocenters. The molecule has 13 nitrogen and oxygen atoms in total. The second kappa shape index (κ2) is 18.1. The molecule has 0 fully saturated rings. The van der Waals surface area contributed by atoms with E-state index in [4.69, 9.17) is 20.3 Å². The highest BCUT2D eigenvalue weighted by atomic mass is 32.2. The Morgan fingerprint density at radius 3 is 2.43 bits per heavy atom. The molecule has 282 valence electrons. The number of ether oxygens (including phenoxy) is 2. The van der Waals surface area contributed by atoms with Crippen LogP contribution in [0.1, 0.15) is 60.8 Å². The molecule has 0 aliphatic rings. The minimum atomic E-state index is -4.00. The van der Waals surface area contributed by atoms with Crippen LogP contribution in [0.15, 0.2) is 85.8 Å². The zero-order valence-corrected chi connectivity index (χ0v) is 32.5. The summed E-state index contributed by atoms with van der Waals surface area (Å²) in [6.45, 7) is 7.89. The van der Waals surface area contributed by atoms with Crippen molar-refractivity contribution >= 4 is 68.6 Å². The number of hydrogen-bond donors (Lipinski definition) is 5. The zero-order valence-electron chi connectivity index (χ0n) is 30.0. The number of carbonyl (C=O) groups excluding carboxylic acids is 2. The van der Waals surface area contributed by atoms with Gasteiger partial charge in [0, 0.05) is 22.7 Å². The number of thiophene rings is 1. The van der Waals surface area contributed by atoms with Crippen molar-refractivity contribution in [3.8, 4) is 16.9 Å². The third-order valence-electron chi connectivity index (χ3n) is 7.42. The first-order valence-electron chi connectivity index (χ1n) is 16.5. The number of nitrogens with two attached hydrogens (primary N) is 1. The molecule has 0 spiro atoms. The molecule has 16 heteroatoms. The van der Waals surface area contributed by atoms with E-state index in [9.17, 15) is 22.8 Å². The predicted molar refractivity (Wildman–Crippen MR) is 209 cm³/mol. The molecule has 3 amide bonds. The number of urea groups is 1. The summed E-state index contributed by atoms with van der Waals surface area (Å²) in [5, 5.41) is 18.6. The molecule has 0 aliphatic heterocycles. The molecule has 53 heavy (non-hydrogen) atoms. The van der Waals surface area contributed by atoms with Gasteiger partial charge in [0.2, 0.25) is 9.84 Å². The quantitative estimate of drug-likeness (QED) is 0.0261. The second-order valence-electron chi connectivity index (χ2n) is 12.8. The van der Waals surface area contributed by atoms with Crippen LogP contribution in [0.4, 0.5) is 21.0 Å². The van der Waals surface area contributed by atoms with Gasteiger partial charge in [-0.3, -0.25) is 0 Å². The molecule has 1 heterocycles. The summed E-state index contributed by atoms with van der Waals surface area (Å²) >= 11 is 2.51. The Hall–Kier alpha value is -5.06. The number of unbranched alkanes of at least 4 members (excludes halogenated alkanes) is 2. The number of thioether (sulfide) groups is 1. The topological polar surface area (TPSA) is 199 Å². The van der Waals surface area contributed by atoms with Crippen molar-refractivity contribution in [2.75, 3.05) is 30.5 Å². The summed E-state index contributed by atoms with van der Waals surface area (Å²) in [7, 11) is -4.00. The summed E-state index contributed by atoms with van der Waals surface area (Å²) in [4.78, 5) is 36.6. The molecule has 3 aromatic carbocycles. The molecule has 0 aliphatic carbocycles. The van der Waals surface area contributed by atoms with E-state index in [2.05, 4.69) is 21.2 Å². The van der Waals surface area contributed by atoms with Crippen molar-refractivity contribution in [2.45, 2.75) is 66.6 Å². The van der Waals surface area contributed by atoms with Crippen molar-refractivity contribution in [1.29, 1.82) is 0 Å². The smallest absolute Gasteiger partial charge is 0.428 e. The van der Waals surface area contributed by atoms with Gasteiger partial charge < -0.3 is 30.9 Å². The van der Waals surface area contributed by atoms with Crippen molar-refractivity contribution < 1.29 is 37.4 Å². The number of amides is 3. The SMILES string of the molecule is CSc1sc(C=NNC(=O)OC(C)(C)C)cc1S(=O)(=O)c1cccc(-c2c(C)cc(N)cc2NC(=O)NCCCCCOc2ccc(C(=O)O)cc2)c1. The third-order valence-corrected chi connectivity index (χ3v) is 11.7. The lowest BCUT2D eigenvalue weighted by Gasteiger charge is -2.18. The van der Waals surface area contributed by atoms with E-state index >= 15 is 0 Å². The van der Waals surface area contributed by atoms with Crippen LogP contribution in [0.3, 0.4) is 0 Å². The monoisotopic (exact) mass is 781 g/mol. The molecule has 0 radical (unpaired) electrons. The van der Waals surface area contributed by atoms with Crippen molar-refractivity contribution in [3.63, 3.8) is 0 Å². The lowest BCUT2D eigenvalue weighted by Crippen LogP contribution is -2.29. The first kappa shape index (κ1) is 40.7. The molecular formula is C37H43N5O8S3. The van der Waals surface area contributed by atoms with Crippen molar-refractivity contribution in [2.24, 2.45) is 5.10 Å². The van der Waals surface area contributed by atoms with E-state index in [0.717, 1.165) is 18.4 Å². The lowest BCUT2D eigenvalue weighted by molar-refractivity contribution is 0.0529. The summed E-state index contributed by atoms with van der Waals surface area (Å²) in [6.07, 6.45) is 4.65. The van der Waals surface area contributed by atoms with Crippen LogP contribution < -0.4 is 26.5 Å². The molecule has 6 N–H and O–H groups in total. The van der Waals surface area contributed by atoms with E-state index in [0.29, 0.717) is 56.9 Å². The standard InChI is InChI=1S/C37H43N5O8S3/c1-23-18-26(38)20-30(41-35(45)39-16-7-6-8-17-49-27-14-12-24(13-15-27)33(43)44)32(23)25-10-9-11-29(19-25)53(47,48)31-21-28(52-34(31)51-5)22-40-42-36(46)50-37(2,3)4/h9-15,18-22H,6-8,16-17,38H2,1-5H3,(H,42,46)(H,43,44)(H2,39,41,45). The number of nitrogens with zero attached hydrogens (tertiary/aromatic N) is 1. The van der Waals surface area contributed by atoms with Gasteiger partial charge >= 0.3 is 18.1 Å². The van der Waals surface area contributed by atoms with Gasteiger partial charge in [-0.25, -0.2) is 28.2 Å². The highest BCUT2D eigenvalue weighted by Crippen LogP contribution is 2.39. The number of anilines is 2. The van der Waals surface area contributed by atoms with Crippen LogP contribution in [0.2, 0.25) is 0 Å². The van der Waals surface area contributed by atoms with Crippen LogP contribution in [0.5, 0.6) is 5.75 Å². The van der Waals surface area contributed by atoms with Gasteiger partial charge in [0.05, 0.1) is 38.1 Å². The third kappa shape index (κ3) is 11.7. The lowest BCUT2D eigenvalue weighted by atomic mass is 9.97. The van der Waals surface area contributed by atoms with Gasteiger partial charge in [-0.05, 0) is 119 Å². The van der Waals surface area contributed by atoms with E-state index < -0.39 is 33.5 Å². The van der Waals surface area contributed by atoms with Gasteiger partial charge in [0.15, 0.2) is 0 Å². The van der Waals surface area contributed by atoms with E-state index in [-0.39, 0.29) is 15.4 Å². The second-order valence-corrected chi connectivity index (χ2v) is 16.9. The number of sulfone groups is 1. The molecule has 0 bridgehead atoms. The molecule has 4 rings (SSSR count). The van der Waals surface area contributed by atoms with Gasteiger partial charge in [-0.15, -0.1) is 23.1 Å². The maximum absolute atomic E-state index is 14.0. The minimum Gasteiger partial charge on any atom is -0.494 e. The number of benzene rings is 3. The number of hydrazone groups is 1. The highest BCUT2D eigenvalue weighted by molar-refractivity contribution is 8.01. The number of aromatic carboxylic acids is 1. The normalized spacial score (nSPS) is 11.6. The first-order chi connectivity index (χ1) is 25.1. The van der Waals surface area contributed by atoms with Crippen LogP contribution >= 0.6 is 23.1 Å². The average Bonchev–Trinajstić information content (AvgIpc) is 3.51. The van der Waals surface area contributed by atoms with E-state index in [1.54, 1.807) is 69.5 Å². The fraction of sp³-hybridized carbons (Fsp3) is 0.297. The Morgan fingerprint density at radius 2 is 1.75 bits per heavy atom. The van der Waals surface area contributed by atoms with Crippen LogP contribution in [0, 0.1) is 6.92 Å². The molecule has 4 aromatic rings. The number of carboxylic acid groups (broad SMARTS) is 1. The summed E-state index contributed by atoms with van der Waals surface area (Å²) in [6, 6.07) is 17.2. The van der Waals surface area contributed by atoms with Crippen LogP contribution in [-0.2, 0) is 14.6 Å². The molecule has 1 aromatic heterocycles. The van der Waals surface area contributed by atoms with Crippen LogP contribution in [-0.4, -0.2) is 62.8 Å². The Bertz CT molecular complexity index is 2070. The Labute approximate surface area is 317 Å².